The Kier molecular flexibility index (Phi) is 6.21. The Bertz CT molecular complexity index is 107. The van der Waals surface area contributed by atoms with Crippen molar-refractivity contribution in [2.24, 2.45) is 0 Å². The summed E-state index contributed by atoms with van der Waals surface area (Å²) in [5.74, 6) is 0. The van der Waals surface area contributed by atoms with Crippen molar-refractivity contribution >= 4 is 0 Å². The van der Waals surface area contributed by atoms with Gasteiger partial charge in [0.2, 0.25) is 0 Å². The van der Waals surface area contributed by atoms with Crippen LogP contribution in [0.2, 0.25) is 0 Å². The van der Waals surface area contributed by atoms with E-state index in [1.165, 1.54) is 32.1 Å². The van der Waals surface area contributed by atoms with E-state index in [-0.39, 0.29) is 0 Å². The average Bonchev–Trinajstić information content (AvgIpc) is 2.41. The fourth-order valence-electron chi connectivity index (χ4n) is 1.64. The molecule has 1 saturated heterocycles. The molecule has 1 heterocycles. The molecule has 0 aromatic carbocycles. The molecule has 2 heteroatoms. The van der Waals surface area contributed by atoms with Crippen LogP contribution < -0.4 is 0 Å². The number of hydrogen-bond acceptors (Lipinski definition) is 2. The highest BCUT2D eigenvalue weighted by Gasteiger charge is 2.12. The van der Waals surface area contributed by atoms with Crippen LogP contribution in [0.5, 0.6) is 0 Å². The summed E-state index contributed by atoms with van der Waals surface area (Å²) in [7, 11) is 0. The Hall–Kier alpha value is -0.0800. The minimum Gasteiger partial charge on any atom is -0.236 e. The summed E-state index contributed by atoms with van der Waals surface area (Å²) >= 11 is 0. The van der Waals surface area contributed by atoms with Crippen LogP contribution in [0.3, 0.4) is 0 Å². The summed E-state index contributed by atoms with van der Waals surface area (Å²) in [6, 6.07) is 0. The largest absolute Gasteiger partial charge is 0.236 e. The minimum absolute atomic E-state index is 0.354. The molecule has 0 aliphatic carbocycles. The van der Waals surface area contributed by atoms with Crippen LogP contribution in [0.25, 0.3) is 0 Å². The maximum Gasteiger partial charge on any atom is 0.0930 e. The van der Waals surface area contributed by atoms with E-state index in [2.05, 4.69) is 6.92 Å². The molecule has 0 bridgehead atoms. The van der Waals surface area contributed by atoms with Gasteiger partial charge in [-0.1, -0.05) is 32.6 Å². The van der Waals surface area contributed by atoms with Crippen molar-refractivity contribution in [3.63, 3.8) is 0 Å². The van der Waals surface area contributed by atoms with Gasteiger partial charge in [-0.25, -0.2) is 9.78 Å². The molecular formula is C11H21O2. The summed E-state index contributed by atoms with van der Waals surface area (Å²) in [5.41, 5.74) is 0. The van der Waals surface area contributed by atoms with Gasteiger partial charge in [0.1, 0.15) is 0 Å². The predicted octanol–water partition coefficient (Wildman–Crippen LogP) is 3.27. The van der Waals surface area contributed by atoms with Gasteiger partial charge in [-0.2, -0.15) is 0 Å². The second-order valence-electron chi connectivity index (χ2n) is 3.74. The van der Waals surface area contributed by atoms with Gasteiger partial charge in [0.25, 0.3) is 0 Å². The van der Waals surface area contributed by atoms with Crippen LogP contribution in [-0.4, -0.2) is 12.7 Å². The van der Waals surface area contributed by atoms with Gasteiger partial charge < -0.3 is 0 Å². The number of hydrogen-bond donors (Lipinski definition) is 0. The van der Waals surface area contributed by atoms with Crippen LogP contribution in [-0.2, 0) is 9.78 Å². The standard InChI is InChI=1S/C11H21O2/c1-2-3-4-5-8-11-9-6-7-10-12-13-11/h11H,1-10H2. The molecule has 1 aliphatic heterocycles. The van der Waals surface area contributed by atoms with Gasteiger partial charge in [0, 0.05) is 0 Å². The average molecular weight is 185 g/mol. The van der Waals surface area contributed by atoms with Crippen molar-refractivity contribution in [2.45, 2.75) is 57.5 Å². The zero-order valence-corrected chi connectivity index (χ0v) is 8.46. The molecule has 1 rings (SSSR count). The van der Waals surface area contributed by atoms with Gasteiger partial charge in [-0.15, -0.1) is 0 Å². The quantitative estimate of drug-likeness (QED) is 0.483. The summed E-state index contributed by atoms with van der Waals surface area (Å²) in [6.45, 7) is 4.60. The van der Waals surface area contributed by atoms with Crippen molar-refractivity contribution in [1.82, 2.24) is 0 Å². The molecule has 0 amide bonds. The third kappa shape index (κ3) is 5.27. The van der Waals surface area contributed by atoms with E-state index in [0.29, 0.717) is 6.10 Å². The SMILES string of the molecule is [CH2]CCCCCC1CCCCOO1. The molecule has 1 fully saturated rings. The molecule has 2 nitrogen and oxygen atoms in total. The lowest BCUT2D eigenvalue weighted by Crippen LogP contribution is -2.10. The first kappa shape index (κ1) is 11.0. The maximum absolute atomic E-state index is 5.27. The van der Waals surface area contributed by atoms with Crippen LogP contribution in [0.15, 0.2) is 0 Å². The lowest BCUT2D eigenvalue weighted by Gasteiger charge is -2.12. The zero-order valence-electron chi connectivity index (χ0n) is 8.46. The Morgan fingerprint density at radius 2 is 2.08 bits per heavy atom. The fraction of sp³-hybridized carbons (Fsp3) is 0.909. The van der Waals surface area contributed by atoms with Gasteiger partial charge in [-0.3, -0.25) is 0 Å². The van der Waals surface area contributed by atoms with Crippen LogP contribution in [0.4, 0.5) is 0 Å². The van der Waals surface area contributed by atoms with E-state index in [1.54, 1.807) is 0 Å². The molecule has 0 spiro atoms. The van der Waals surface area contributed by atoms with Crippen molar-refractivity contribution in [2.75, 3.05) is 6.61 Å². The van der Waals surface area contributed by atoms with E-state index < -0.39 is 0 Å². The van der Waals surface area contributed by atoms with Crippen molar-refractivity contribution in [3.8, 4) is 0 Å². The molecule has 0 saturated carbocycles. The summed E-state index contributed by atoms with van der Waals surface area (Å²) < 4.78 is 0. The Morgan fingerprint density at radius 1 is 1.15 bits per heavy atom. The van der Waals surface area contributed by atoms with E-state index in [4.69, 9.17) is 9.78 Å². The van der Waals surface area contributed by atoms with E-state index in [1.807, 2.05) is 0 Å². The predicted molar refractivity (Wildman–Crippen MR) is 53.1 cm³/mol. The first-order valence-electron chi connectivity index (χ1n) is 5.51. The van der Waals surface area contributed by atoms with E-state index >= 15 is 0 Å². The minimum atomic E-state index is 0.354. The smallest absolute Gasteiger partial charge is 0.0930 e. The van der Waals surface area contributed by atoms with Crippen LogP contribution in [0.1, 0.15) is 51.4 Å². The van der Waals surface area contributed by atoms with E-state index in [0.717, 1.165) is 25.9 Å². The Morgan fingerprint density at radius 3 is 2.92 bits per heavy atom. The zero-order chi connectivity index (χ0) is 9.36. The lowest BCUT2D eigenvalue weighted by atomic mass is 10.1. The second kappa shape index (κ2) is 7.34. The lowest BCUT2D eigenvalue weighted by molar-refractivity contribution is -0.318. The topological polar surface area (TPSA) is 18.5 Å². The first-order valence-corrected chi connectivity index (χ1v) is 5.51. The normalized spacial score (nSPS) is 24.2. The third-order valence-electron chi connectivity index (χ3n) is 2.48. The Labute approximate surface area is 81.5 Å². The van der Waals surface area contributed by atoms with Gasteiger partial charge in [0.05, 0.1) is 12.7 Å². The van der Waals surface area contributed by atoms with E-state index in [9.17, 15) is 0 Å². The Balaban J connectivity index is 1.98. The number of rotatable bonds is 5. The van der Waals surface area contributed by atoms with Crippen LogP contribution in [0, 0.1) is 6.92 Å². The molecule has 0 aromatic rings. The molecule has 1 aliphatic rings. The number of unbranched alkanes of at least 4 members (excludes halogenated alkanes) is 3. The maximum atomic E-state index is 5.27. The van der Waals surface area contributed by atoms with Gasteiger partial charge in [-0.05, 0) is 25.7 Å². The molecule has 77 valence electrons. The fourth-order valence-corrected chi connectivity index (χ4v) is 1.64. The summed E-state index contributed by atoms with van der Waals surface area (Å²) in [6.07, 6.45) is 9.91. The molecule has 1 radical (unpaired) electrons. The third-order valence-corrected chi connectivity index (χ3v) is 2.48. The molecule has 1 unspecified atom stereocenters. The summed E-state index contributed by atoms with van der Waals surface area (Å²) in [5, 5.41) is 0. The molecule has 0 aromatic heterocycles. The van der Waals surface area contributed by atoms with Crippen molar-refractivity contribution < 1.29 is 9.78 Å². The molecular weight excluding hydrogens is 164 g/mol. The molecule has 0 N–H and O–H groups in total. The van der Waals surface area contributed by atoms with Crippen molar-refractivity contribution in [3.05, 3.63) is 6.92 Å². The van der Waals surface area contributed by atoms with Crippen molar-refractivity contribution in [1.29, 1.82) is 0 Å². The second-order valence-corrected chi connectivity index (χ2v) is 3.74. The highest BCUT2D eigenvalue weighted by atomic mass is 17.2. The summed E-state index contributed by atoms with van der Waals surface area (Å²) in [4.78, 5) is 10.3. The monoisotopic (exact) mass is 185 g/mol. The first-order chi connectivity index (χ1) is 6.43. The van der Waals surface area contributed by atoms with Crippen LogP contribution >= 0.6 is 0 Å². The van der Waals surface area contributed by atoms with Gasteiger partial charge >= 0.3 is 0 Å². The highest BCUT2D eigenvalue weighted by Crippen LogP contribution is 2.17. The highest BCUT2D eigenvalue weighted by molar-refractivity contribution is 4.59. The molecule has 13 heavy (non-hydrogen) atoms. The van der Waals surface area contributed by atoms with Gasteiger partial charge in [0.15, 0.2) is 0 Å². The molecule has 1 atom stereocenters.